The number of sulfone groups is 1. The molecule has 2 heterocycles. The zero-order valence-electron chi connectivity index (χ0n) is 16.9. The summed E-state index contributed by atoms with van der Waals surface area (Å²) in [5.41, 5.74) is 5.60. The van der Waals surface area contributed by atoms with Crippen LogP contribution in [-0.2, 0) is 9.84 Å². The van der Waals surface area contributed by atoms with Crippen molar-refractivity contribution in [1.82, 2.24) is 20.2 Å². The lowest BCUT2D eigenvalue weighted by molar-refractivity contribution is 0.602. The molecule has 32 heavy (non-hydrogen) atoms. The van der Waals surface area contributed by atoms with Crippen LogP contribution in [0.1, 0.15) is 0 Å². The lowest BCUT2D eigenvalue weighted by Crippen LogP contribution is -1.96. The van der Waals surface area contributed by atoms with Gasteiger partial charge in [-0.05, 0) is 54.1 Å². The molecule has 0 fully saturated rings. The fourth-order valence-corrected chi connectivity index (χ4v) is 4.29. The van der Waals surface area contributed by atoms with E-state index in [-0.39, 0.29) is 10.7 Å². The van der Waals surface area contributed by atoms with E-state index in [0.29, 0.717) is 5.69 Å². The van der Waals surface area contributed by atoms with Crippen LogP contribution in [0.4, 0.5) is 4.39 Å². The van der Waals surface area contributed by atoms with Crippen LogP contribution in [-0.4, -0.2) is 34.8 Å². The number of hydrogen-bond donors (Lipinski definition) is 1. The highest BCUT2D eigenvalue weighted by Crippen LogP contribution is 2.34. The highest BCUT2D eigenvalue weighted by Gasteiger charge is 2.14. The van der Waals surface area contributed by atoms with E-state index in [1.807, 2.05) is 18.2 Å². The maximum absolute atomic E-state index is 13.4. The van der Waals surface area contributed by atoms with E-state index in [2.05, 4.69) is 20.2 Å². The third-order valence-corrected chi connectivity index (χ3v) is 6.40. The Morgan fingerprint density at radius 2 is 1.53 bits per heavy atom. The van der Waals surface area contributed by atoms with Gasteiger partial charge in [0.2, 0.25) is 0 Å². The van der Waals surface area contributed by atoms with Gasteiger partial charge in [-0.15, -0.1) is 0 Å². The lowest BCUT2D eigenvalue weighted by Gasteiger charge is -2.09. The molecule has 5 rings (SSSR count). The number of aromatic nitrogens is 4. The van der Waals surface area contributed by atoms with Crippen molar-refractivity contribution in [3.63, 3.8) is 0 Å². The van der Waals surface area contributed by atoms with Crippen molar-refractivity contribution in [2.45, 2.75) is 4.90 Å². The van der Waals surface area contributed by atoms with Gasteiger partial charge in [-0.1, -0.05) is 18.2 Å². The molecule has 158 valence electrons. The topological polar surface area (TPSA) is 88.6 Å². The summed E-state index contributed by atoms with van der Waals surface area (Å²) in [6.07, 6.45) is 4.40. The van der Waals surface area contributed by atoms with Crippen LogP contribution in [0.5, 0.6) is 0 Å². The van der Waals surface area contributed by atoms with E-state index in [4.69, 9.17) is 0 Å². The predicted octanol–water partition coefficient (Wildman–Crippen LogP) is 4.90. The van der Waals surface area contributed by atoms with Gasteiger partial charge in [-0.3, -0.25) is 5.10 Å². The van der Waals surface area contributed by atoms with Crippen LogP contribution < -0.4 is 0 Å². The van der Waals surface area contributed by atoms with Crippen molar-refractivity contribution in [2.24, 2.45) is 0 Å². The first-order valence-corrected chi connectivity index (χ1v) is 11.6. The van der Waals surface area contributed by atoms with Crippen molar-refractivity contribution in [1.29, 1.82) is 0 Å². The Kier molecular flexibility index (Phi) is 4.79. The van der Waals surface area contributed by atoms with Gasteiger partial charge in [0.05, 0.1) is 28.0 Å². The molecule has 3 aromatic carbocycles. The molecular weight excluding hydrogens is 427 g/mol. The van der Waals surface area contributed by atoms with E-state index >= 15 is 0 Å². The van der Waals surface area contributed by atoms with Crippen molar-refractivity contribution in [2.75, 3.05) is 6.26 Å². The number of nitrogens with one attached hydrogen (secondary N) is 1. The van der Waals surface area contributed by atoms with Crippen molar-refractivity contribution in [3.8, 4) is 33.6 Å². The maximum Gasteiger partial charge on any atom is 0.175 e. The smallest absolute Gasteiger partial charge is 0.175 e. The standard InChI is InChI=1S/C24H17FN4O2S/c1-32(30,31)19-9-4-16(5-10-19)24-21(13-28-29-24)17-6-11-22-20(12-17)23(27-14-26-22)15-2-7-18(25)8-3-15/h2-14H,1H3,(H,28,29). The Morgan fingerprint density at radius 3 is 2.25 bits per heavy atom. The summed E-state index contributed by atoms with van der Waals surface area (Å²) >= 11 is 0. The second-order valence-electron chi connectivity index (χ2n) is 7.42. The summed E-state index contributed by atoms with van der Waals surface area (Å²) in [6, 6.07) is 18.7. The highest BCUT2D eigenvalue weighted by atomic mass is 32.2. The number of fused-ring (bicyclic) bond motifs is 1. The Morgan fingerprint density at radius 1 is 0.844 bits per heavy atom. The number of H-pyrrole nitrogens is 1. The van der Waals surface area contributed by atoms with Crippen LogP contribution in [0.2, 0.25) is 0 Å². The Balaban J connectivity index is 1.62. The molecule has 0 aliphatic heterocycles. The molecule has 0 saturated carbocycles. The summed E-state index contributed by atoms with van der Waals surface area (Å²) in [6.45, 7) is 0. The number of nitrogens with zero attached hydrogens (tertiary/aromatic N) is 3. The second-order valence-corrected chi connectivity index (χ2v) is 9.43. The fraction of sp³-hybridized carbons (Fsp3) is 0.0417. The molecule has 0 unspecified atom stereocenters. The Bertz CT molecular complexity index is 1540. The Labute approximate surface area is 183 Å². The summed E-state index contributed by atoms with van der Waals surface area (Å²) < 4.78 is 36.9. The van der Waals surface area contributed by atoms with Gasteiger partial charge >= 0.3 is 0 Å². The second kappa shape index (κ2) is 7.65. The average molecular weight is 444 g/mol. The summed E-state index contributed by atoms with van der Waals surface area (Å²) in [4.78, 5) is 9.04. The third-order valence-electron chi connectivity index (χ3n) is 5.27. The normalized spacial score (nSPS) is 11.7. The van der Waals surface area contributed by atoms with E-state index in [9.17, 15) is 12.8 Å². The predicted molar refractivity (Wildman–Crippen MR) is 121 cm³/mol. The molecule has 0 radical (unpaired) electrons. The van der Waals surface area contributed by atoms with Crippen LogP contribution in [0.25, 0.3) is 44.5 Å². The zero-order valence-corrected chi connectivity index (χ0v) is 17.8. The molecule has 0 bridgehead atoms. The molecule has 0 amide bonds. The van der Waals surface area contributed by atoms with Crippen LogP contribution in [0.3, 0.4) is 0 Å². The molecule has 1 N–H and O–H groups in total. The van der Waals surface area contributed by atoms with E-state index < -0.39 is 9.84 Å². The van der Waals surface area contributed by atoms with E-state index in [1.165, 1.54) is 24.7 Å². The van der Waals surface area contributed by atoms with Gasteiger partial charge in [0, 0.05) is 28.3 Å². The van der Waals surface area contributed by atoms with Crippen molar-refractivity contribution in [3.05, 3.63) is 85.1 Å². The molecule has 0 aliphatic carbocycles. The minimum Gasteiger partial charge on any atom is -0.277 e. The first-order valence-electron chi connectivity index (χ1n) is 9.75. The minimum absolute atomic E-state index is 0.258. The van der Waals surface area contributed by atoms with Gasteiger partial charge in [0.1, 0.15) is 12.1 Å². The molecule has 0 saturated heterocycles. The molecule has 2 aromatic heterocycles. The monoisotopic (exact) mass is 444 g/mol. The quantitative estimate of drug-likeness (QED) is 0.426. The maximum atomic E-state index is 13.4. The highest BCUT2D eigenvalue weighted by molar-refractivity contribution is 7.90. The summed E-state index contributed by atoms with van der Waals surface area (Å²) in [7, 11) is -3.27. The van der Waals surface area contributed by atoms with Gasteiger partial charge < -0.3 is 0 Å². The summed E-state index contributed by atoms with van der Waals surface area (Å²) in [5.74, 6) is -0.308. The van der Waals surface area contributed by atoms with Gasteiger partial charge in [0.25, 0.3) is 0 Å². The van der Waals surface area contributed by atoms with Gasteiger partial charge in [-0.2, -0.15) is 5.10 Å². The first kappa shape index (κ1) is 20.0. The fourth-order valence-electron chi connectivity index (χ4n) is 3.66. The van der Waals surface area contributed by atoms with Gasteiger partial charge in [0.15, 0.2) is 9.84 Å². The van der Waals surface area contributed by atoms with E-state index in [0.717, 1.165) is 38.9 Å². The van der Waals surface area contributed by atoms with Crippen LogP contribution in [0, 0.1) is 5.82 Å². The lowest BCUT2D eigenvalue weighted by atomic mass is 9.98. The largest absolute Gasteiger partial charge is 0.277 e. The first-order chi connectivity index (χ1) is 15.4. The molecule has 0 atom stereocenters. The number of halogens is 1. The molecule has 5 aromatic rings. The number of aromatic amines is 1. The van der Waals surface area contributed by atoms with Crippen LogP contribution >= 0.6 is 0 Å². The van der Waals surface area contributed by atoms with E-state index in [1.54, 1.807) is 42.6 Å². The molecule has 6 nitrogen and oxygen atoms in total. The number of benzene rings is 3. The molecular formula is C24H17FN4O2S. The Hall–Kier alpha value is -3.91. The SMILES string of the molecule is CS(=O)(=O)c1ccc(-c2[nH]ncc2-c2ccc3ncnc(-c4ccc(F)cc4)c3c2)cc1. The molecule has 0 aliphatic rings. The molecule has 8 heteroatoms. The minimum atomic E-state index is -3.27. The summed E-state index contributed by atoms with van der Waals surface area (Å²) in [5, 5.41) is 8.04. The number of hydrogen-bond acceptors (Lipinski definition) is 5. The van der Waals surface area contributed by atoms with Gasteiger partial charge in [-0.25, -0.2) is 22.8 Å². The average Bonchev–Trinajstić information content (AvgIpc) is 3.28. The van der Waals surface area contributed by atoms with Crippen LogP contribution in [0.15, 0.2) is 84.1 Å². The third kappa shape index (κ3) is 3.65. The number of rotatable bonds is 4. The molecule has 0 spiro atoms. The zero-order chi connectivity index (χ0) is 22.3. The van der Waals surface area contributed by atoms with Crippen molar-refractivity contribution >= 4 is 20.7 Å². The van der Waals surface area contributed by atoms with Crippen molar-refractivity contribution < 1.29 is 12.8 Å².